The molecule has 0 amide bonds. The highest BCUT2D eigenvalue weighted by Gasteiger charge is 2.52. The zero-order chi connectivity index (χ0) is 21.3. The van der Waals surface area contributed by atoms with Crippen molar-refractivity contribution >= 4 is 29.1 Å². The van der Waals surface area contributed by atoms with Crippen molar-refractivity contribution in [2.45, 2.75) is 38.5 Å². The van der Waals surface area contributed by atoms with Crippen molar-refractivity contribution in [3.63, 3.8) is 0 Å². The van der Waals surface area contributed by atoms with Gasteiger partial charge in [-0.1, -0.05) is 5.16 Å². The first-order valence-electron chi connectivity index (χ1n) is 10.1. The molecular weight excluding hydrogens is 407 g/mol. The van der Waals surface area contributed by atoms with Crippen LogP contribution in [-0.2, 0) is 11.2 Å². The molecule has 11 heteroatoms. The van der Waals surface area contributed by atoms with Gasteiger partial charge in [-0.2, -0.15) is 0 Å². The number of halogens is 1. The summed E-state index contributed by atoms with van der Waals surface area (Å²) in [6, 6.07) is 1.66. The van der Waals surface area contributed by atoms with Crippen LogP contribution >= 0.6 is 0 Å². The van der Waals surface area contributed by atoms with Gasteiger partial charge in [0.1, 0.15) is 6.67 Å². The molecule has 0 bridgehead atoms. The van der Waals surface area contributed by atoms with Gasteiger partial charge in [0, 0.05) is 19.0 Å². The first-order valence-corrected chi connectivity index (χ1v) is 10.1. The van der Waals surface area contributed by atoms with Crippen molar-refractivity contribution in [2.24, 2.45) is 15.4 Å². The van der Waals surface area contributed by atoms with Gasteiger partial charge in [-0.3, -0.25) is 9.98 Å². The Kier molecular flexibility index (Phi) is 3.76. The zero-order valence-corrected chi connectivity index (χ0v) is 16.8. The van der Waals surface area contributed by atoms with E-state index in [1.54, 1.807) is 0 Å². The number of hydrogen-bond donors (Lipinski definition) is 1. The highest BCUT2D eigenvalue weighted by molar-refractivity contribution is 5.97. The van der Waals surface area contributed by atoms with Crippen LogP contribution in [0, 0.1) is 11.2 Å². The van der Waals surface area contributed by atoms with Gasteiger partial charge >= 0.3 is 5.76 Å². The van der Waals surface area contributed by atoms with Crippen LogP contribution in [0.15, 0.2) is 29.8 Å². The van der Waals surface area contributed by atoms with Gasteiger partial charge < -0.3 is 18.6 Å². The van der Waals surface area contributed by atoms with Crippen LogP contribution in [0.3, 0.4) is 0 Å². The zero-order valence-electron chi connectivity index (χ0n) is 16.8. The predicted molar refractivity (Wildman–Crippen MR) is 109 cm³/mol. The third-order valence-corrected chi connectivity index (χ3v) is 6.24. The molecule has 3 aliphatic heterocycles. The molecule has 1 fully saturated rings. The van der Waals surface area contributed by atoms with Crippen molar-refractivity contribution in [3.8, 4) is 11.6 Å². The number of benzene rings is 1. The maximum Gasteiger partial charge on any atom is 0.434 e. The van der Waals surface area contributed by atoms with Crippen LogP contribution in [-0.4, -0.2) is 59.2 Å². The van der Waals surface area contributed by atoms with E-state index in [1.165, 1.54) is 0 Å². The van der Waals surface area contributed by atoms with E-state index in [9.17, 15) is 4.79 Å². The van der Waals surface area contributed by atoms with Gasteiger partial charge in [-0.05, 0) is 31.9 Å². The molecule has 0 radical (unpaired) electrons. The van der Waals surface area contributed by atoms with Crippen LogP contribution in [0.5, 0.6) is 0 Å². The largest absolute Gasteiger partial charge is 0.434 e. The maximum absolute atomic E-state index is 15.9. The fourth-order valence-corrected chi connectivity index (χ4v) is 5.28. The number of hydrogen-bond acceptors (Lipinski definition) is 9. The quantitative estimate of drug-likeness (QED) is 0.631. The third-order valence-electron chi connectivity index (χ3n) is 6.24. The lowest BCUT2D eigenvalue weighted by atomic mass is 9.69. The number of aromatic nitrogens is 3. The van der Waals surface area contributed by atoms with Crippen LogP contribution in [0.25, 0.3) is 22.6 Å². The predicted octanol–water partition coefficient (Wildman–Crippen LogP) is 1.95. The summed E-state index contributed by atoms with van der Waals surface area (Å²) in [6.45, 7) is 4.87. The van der Waals surface area contributed by atoms with Gasteiger partial charge in [0.05, 0.1) is 34.7 Å². The maximum atomic E-state index is 15.9. The van der Waals surface area contributed by atoms with Crippen LogP contribution in [0.1, 0.15) is 19.4 Å². The molecule has 3 atom stereocenters. The minimum absolute atomic E-state index is 0.00752. The van der Waals surface area contributed by atoms with Gasteiger partial charge in [0.25, 0.3) is 5.89 Å². The minimum Gasteiger partial charge on any atom is -0.386 e. The summed E-state index contributed by atoms with van der Waals surface area (Å²) in [7, 11) is 0. The number of aromatic amines is 1. The first kappa shape index (κ1) is 18.4. The normalized spacial score (nSPS) is 26.4. The second kappa shape index (κ2) is 6.33. The summed E-state index contributed by atoms with van der Waals surface area (Å²) < 4.78 is 32.3. The van der Waals surface area contributed by atoms with Gasteiger partial charge in [-0.25, -0.2) is 14.3 Å². The molecule has 3 aliphatic rings. The van der Waals surface area contributed by atoms with Crippen LogP contribution in [0.2, 0.25) is 0 Å². The third kappa shape index (κ3) is 2.55. The number of aliphatic imine (C=N–C) groups is 2. The molecule has 1 N–H and O–H groups in total. The number of ether oxygens (including phenoxy) is 1. The van der Waals surface area contributed by atoms with E-state index in [4.69, 9.17) is 13.7 Å². The van der Waals surface area contributed by atoms with Crippen LogP contribution < -0.4 is 10.7 Å². The Bertz CT molecular complexity index is 1290. The molecule has 1 spiro atoms. The van der Waals surface area contributed by atoms with Gasteiger partial charge in [-0.15, -0.1) is 5.10 Å². The number of nitrogens with one attached hydrogen (secondary N) is 1. The average Bonchev–Trinajstić information content (AvgIpc) is 3.34. The fraction of sp³-hybridized carbons (Fsp3) is 0.450. The lowest BCUT2D eigenvalue weighted by Gasteiger charge is -2.54. The number of rotatable bonds is 1. The standard InChI is InChI=1S/C20H19FN6O4/c1-9-5-27-15-11(4-20(6-22-8-23-7-20)17(27)10(2)29-9)3-12-14(18-24-25-19(28)30-18)26-31-16(12)13(15)21/h3,6-7,9-10,17H,4-5,8H2,1-2H3,(H,25,28)/t9-,10+,17-/m0/s1. The topological polar surface area (TPSA) is 122 Å². The van der Waals surface area contributed by atoms with Crippen molar-refractivity contribution in [2.75, 3.05) is 18.1 Å². The Morgan fingerprint density at radius 3 is 2.84 bits per heavy atom. The van der Waals surface area contributed by atoms with E-state index in [-0.39, 0.29) is 35.4 Å². The van der Waals surface area contributed by atoms with Gasteiger partial charge in [0.15, 0.2) is 11.5 Å². The summed E-state index contributed by atoms with van der Waals surface area (Å²) in [5.41, 5.74) is 0.877. The molecule has 31 heavy (non-hydrogen) atoms. The highest BCUT2D eigenvalue weighted by Crippen LogP contribution is 2.48. The highest BCUT2D eigenvalue weighted by atomic mass is 19.1. The summed E-state index contributed by atoms with van der Waals surface area (Å²) in [5, 5.41) is 10.3. The van der Waals surface area contributed by atoms with E-state index < -0.39 is 17.0 Å². The summed E-state index contributed by atoms with van der Waals surface area (Å²) in [5.74, 6) is -1.28. The monoisotopic (exact) mass is 426 g/mol. The van der Waals surface area contributed by atoms with Crippen molar-refractivity contribution in [3.05, 3.63) is 28.0 Å². The number of H-pyrrole nitrogens is 1. The van der Waals surface area contributed by atoms with Crippen molar-refractivity contribution < 1.29 is 18.1 Å². The lowest BCUT2D eigenvalue weighted by molar-refractivity contribution is -0.0432. The smallest absolute Gasteiger partial charge is 0.386 e. The molecule has 2 aromatic heterocycles. The minimum atomic E-state index is -0.725. The summed E-state index contributed by atoms with van der Waals surface area (Å²) >= 11 is 0. The molecule has 6 rings (SSSR count). The van der Waals surface area contributed by atoms with E-state index >= 15 is 4.39 Å². The molecule has 1 aromatic carbocycles. The molecule has 0 unspecified atom stereocenters. The van der Waals surface area contributed by atoms with E-state index in [0.717, 1.165) is 5.56 Å². The number of fused-ring (bicyclic) bond motifs is 5. The number of morpholine rings is 1. The van der Waals surface area contributed by atoms with E-state index in [2.05, 4.69) is 25.3 Å². The van der Waals surface area contributed by atoms with E-state index in [1.807, 2.05) is 37.2 Å². The molecule has 5 heterocycles. The Morgan fingerprint density at radius 2 is 2.10 bits per heavy atom. The van der Waals surface area contributed by atoms with Crippen molar-refractivity contribution in [1.82, 2.24) is 15.4 Å². The second-order valence-corrected chi connectivity index (χ2v) is 8.33. The molecule has 10 nitrogen and oxygen atoms in total. The van der Waals surface area contributed by atoms with E-state index in [0.29, 0.717) is 30.7 Å². The molecule has 0 aliphatic carbocycles. The number of nitrogens with zero attached hydrogens (tertiary/aromatic N) is 5. The Hall–Kier alpha value is -3.34. The van der Waals surface area contributed by atoms with Gasteiger partial charge in [0.2, 0.25) is 5.58 Å². The Balaban J connectivity index is 1.60. The summed E-state index contributed by atoms with van der Waals surface area (Å²) in [4.78, 5) is 22.3. The molecule has 160 valence electrons. The lowest BCUT2D eigenvalue weighted by Crippen LogP contribution is -2.65. The summed E-state index contributed by atoms with van der Waals surface area (Å²) in [6.07, 6.45) is 4.08. The average molecular weight is 426 g/mol. The number of anilines is 1. The Morgan fingerprint density at radius 1 is 1.29 bits per heavy atom. The first-order chi connectivity index (χ1) is 15.0. The second-order valence-electron chi connectivity index (χ2n) is 8.33. The molecule has 0 saturated carbocycles. The molecule has 3 aromatic rings. The fourth-order valence-electron chi connectivity index (χ4n) is 5.28. The van der Waals surface area contributed by atoms with Crippen molar-refractivity contribution in [1.29, 1.82) is 0 Å². The van der Waals surface area contributed by atoms with Crippen LogP contribution in [0.4, 0.5) is 10.1 Å². The molecule has 1 saturated heterocycles. The SMILES string of the molecule is C[C@H]1CN2c3c(cc4c(-c5n[nH]c(=O)o5)noc4c3F)CC3(C=NCN=C3)[C@@H]2[C@@H](C)O1. The Labute approximate surface area is 174 Å². The molecular formula is C20H19FN6O4.